The lowest BCUT2D eigenvalue weighted by atomic mass is 10.00. The van der Waals surface area contributed by atoms with Crippen LogP contribution in [0.4, 0.5) is 10.1 Å². The average molecular weight is 424 g/mol. The summed E-state index contributed by atoms with van der Waals surface area (Å²) in [5, 5.41) is 0. The molecule has 2 amide bonds. The fraction of sp³-hybridized carbons (Fsp3) is 0.440. The van der Waals surface area contributed by atoms with E-state index in [2.05, 4.69) is 4.90 Å². The maximum atomic E-state index is 13.2. The van der Waals surface area contributed by atoms with Gasteiger partial charge in [-0.1, -0.05) is 30.3 Å². The van der Waals surface area contributed by atoms with Gasteiger partial charge in [0.15, 0.2) is 0 Å². The second kappa shape index (κ2) is 9.08. The minimum absolute atomic E-state index is 0.0317. The van der Waals surface area contributed by atoms with E-state index in [1.807, 2.05) is 54.1 Å². The summed E-state index contributed by atoms with van der Waals surface area (Å²) in [6.07, 6.45) is 2.02. The van der Waals surface area contributed by atoms with Crippen LogP contribution in [0, 0.1) is 11.7 Å². The topological polar surface area (TPSA) is 43.9 Å². The predicted octanol–water partition coefficient (Wildman–Crippen LogP) is 3.86. The van der Waals surface area contributed by atoms with Gasteiger partial charge in [0.25, 0.3) is 0 Å². The van der Waals surface area contributed by atoms with E-state index in [0.717, 1.165) is 37.2 Å². The van der Waals surface area contributed by atoms with Gasteiger partial charge in [-0.25, -0.2) is 4.39 Å². The van der Waals surface area contributed by atoms with Gasteiger partial charge >= 0.3 is 0 Å². The number of benzene rings is 2. The largest absolute Gasteiger partial charge is 0.371 e. The summed E-state index contributed by atoms with van der Waals surface area (Å²) in [6, 6.07) is 16.7. The summed E-state index contributed by atoms with van der Waals surface area (Å²) in [6.45, 7) is 4.16. The number of nitrogens with zero attached hydrogens (tertiary/aromatic N) is 3. The number of amides is 2. The van der Waals surface area contributed by atoms with E-state index in [-0.39, 0.29) is 42.1 Å². The van der Waals surface area contributed by atoms with Crippen molar-refractivity contribution < 1.29 is 14.0 Å². The normalized spacial score (nSPS) is 20.7. The molecule has 2 aliphatic heterocycles. The number of rotatable bonds is 5. The van der Waals surface area contributed by atoms with Crippen molar-refractivity contribution in [3.63, 3.8) is 0 Å². The zero-order valence-electron chi connectivity index (χ0n) is 18.2. The van der Waals surface area contributed by atoms with Crippen LogP contribution >= 0.6 is 0 Å². The standard InChI is InChI=1S/C25H30FN3O2/c1-18(19-6-4-3-5-7-19)29-17-20(16-24(29)30)25(31)27(2)22-12-14-28(15-13-22)23-10-8-21(26)9-11-23/h3-11,18,20,22H,12-17H2,1-2H3. The number of carbonyl (C=O) groups is 2. The molecule has 0 aliphatic carbocycles. The third kappa shape index (κ3) is 4.58. The van der Waals surface area contributed by atoms with Gasteiger partial charge in [-0.3, -0.25) is 9.59 Å². The summed E-state index contributed by atoms with van der Waals surface area (Å²) in [5.41, 5.74) is 2.10. The van der Waals surface area contributed by atoms with Gasteiger partial charge in [0, 0.05) is 44.8 Å². The van der Waals surface area contributed by atoms with Gasteiger partial charge in [-0.2, -0.15) is 0 Å². The SMILES string of the molecule is CC(c1ccccc1)N1CC(C(=O)N(C)C2CCN(c3ccc(F)cc3)CC2)CC1=O. The van der Waals surface area contributed by atoms with E-state index in [1.165, 1.54) is 12.1 Å². The zero-order chi connectivity index (χ0) is 22.0. The number of anilines is 1. The Kier molecular flexibility index (Phi) is 6.25. The quantitative estimate of drug-likeness (QED) is 0.734. The highest BCUT2D eigenvalue weighted by Crippen LogP contribution is 2.30. The van der Waals surface area contributed by atoms with Crippen molar-refractivity contribution in [3.8, 4) is 0 Å². The van der Waals surface area contributed by atoms with Crippen LogP contribution < -0.4 is 4.90 Å². The Morgan fingerprint density at radius 2 is 1.71 bits per heavy atom. The Labute approximate surface area is 183 Å². The van der Waals surface area contributed by atoms with Crippen LogP contribution in [0.25, 0.3) is 0 Å². The van der Waals surface area contributed by atoms with Crippen molar-refractivity contribution in [2.75, 3.05) is 31.6 Å². The molecule has 0 radical (unpaired) electrons. The van der Waals surface area contributed by atoms with Crippen molar-refractivity contribution in [1.82, 2.24) is 9.80 Å². The van der Waals surface area contributed by atoms with Crippen molar-refractivity contribution in [1.29, 1.82) is 0 Å². The van der Waals surface area contributed by atoms with Gasteiger partial charge in [-0.05, 0) is 49.6 Å². The van der Waals surface area contributed by atoms with Crippen LogP contribution in [-0.4, -0.2) is 54.3 Å². The number of likely N-dealkylation sites (tertiary alicyclic amines) is 1. The monoisotopic (exact) mass is 423 g/mol. The van der Waals surface area contributed by atoms with E-state index in [0.29, 0.717) is 6.54 Å². The highest BCUT2D eigenvalue weighted by atomic mass is 19.1. The molecule has 2 atom stereocenters. The van der Waals surface area contributed by atoms with E-state index >= 15 is 0 Å². The van der Waals surface area contributed by atoms with Gasteiger partial charge in [-0.15, -0.1) is 0 Å². The molecule has 5 nitrogen and oxygen atoms in total. The average Bonchev–Trinajstić information content (AvgIpc) is 3.20. The first-order valence-electron chi connectivity index (χ1n) is 11.1. The first kappa shape index (κ1) is 21.3. The predicted molar refractivity (Wildman–Crippen MR) is 119 cm³/mol. The third-order valence-electron chi connectivity index (χ3n) is 6.81. The molecule has 0 aromatic heterocycles. The van der Waals surface area contributed by atoms with Crippen molar-refractivity contribution >= 4 is 17.5 Å². The van der Waals surface area contributed by atoms with Gasteiger partial charge in [0.2, 0.25) is 11.8 Å². The molecular weight excluding hydrogens is 393 g/mol. The van der Waals surface area contributed by atoms with Gasteiger partial charge < -0.3 is 14.7 Å². The lowest BCUT2D eigenvalue weighted by Crippen LogP contribution is -2.47. The number of halogens is 1. The highest BCUT2D eigenvalue weighted by molar-refractivity contribution is 5.89. The smallest absolute Gasteiger partial charge is 0.227 e. The minimum Gasteiger partial charge on any atom is -0.371 e. The Morgan fingerprint density at radius 3 is 2.35 bits per heavy atom. The summed E-state index contributed by atoms with van der Waals surface area (Å²) < 4.78 is 13.2. The molecule has 2 fully saturated rings. The maximum absolute atomic E-state index is 13.2. The molecule has 6 heteroatoms. The Balaban J connectivity index is 1.33. The number of hydrogen-bond donors (Lipinski definition) is 0. The molecule has 0 N–H and O–H groups in total. The van der Waals surface area contributed by atoms with Gasteiger partial charge in [0.1, 0.15) is 5.82 Å². The van der Waals surface area contributed by atoms with Crippen LogP contribution in [0.3, 0.4) is 0 Å². The highest BCUT2D eigenvalue weighted by Gasteiger charge is 2.39. The molecular formula is C25H30FN3O2. The molecule has 2 aromatic rings. The fourth-order valence-electron chi connectivity index (χ4n) is 4.81. The van der Waals surface area contributed by atoms with Crippen molar-refractivity contribution in [2.45, 2.75) is 38.3 Å². The van der Waals surface area contributed by atoms with Gasteiger partial charge in [0.05, 0.1) is 12.0 Å². The van der Waals surface area contributed by atoms with E-state index in [9.17, 15) is 14.0 Å². The Bertz CT molecular complexity index is 910. The van der Waals surface area contributed by atoms with E-state index in [1.54, 1.807) is 12.1 Å². The first-order valence-corrected chi connectivity index (χ1v) is 11.1. The summed E-state index contributed by atoms with van der Waals surface area (Å²) in [4.78, 5) is 31.8. The second-order valence-corrected chi connectivity index (χ2v) is 8.68. The van der Waals surface area contributed by atoms with Crippen LogP contribution in [0.2, 0.25) is 0 Å². The molecule has 0 spiro atoms. The number of carbonyl (C=O) groups excluding carboxylic acids is 2. The molecule has 0 bridgehead atoms. The lowest BCUT2D eigenvalue weighted by Gasteiger charge is -2.38. The molecule has 2 aliphatic rings. The van der Waals surface area contributed by atoms with Crippen LogP contribution in [0.1, 0.15) is 37.8 Å². The molecule has 2 unspecified atom stereocenters. The molecule has 2 aromatic carbocycles. The molecule has 2 heterocycles. The Morgan fingerprint density at radius 1 is 1.06 bits per heavy atom. The lowest BCUT2D eigenvalue weighted by molar-refractivity contribution is -0.137. The number of piperidine rings is 1. The molecule has 2 saturated heterocycles. The molecule has 4 rings (SSSR count). The van der Waals surface area contributed by atoms with Crippen LogP contribution in [0.15, 0.2) is 54.6 Å². The zero-order valence-corrected chi connectivity index (χ0v) is 18.2. The summed E-state index contributed by atoms with van der Waals surface area (Å²) in [7, 11) is 1.87. The minimum atomic E-state index is -0.279. The third-order valence-corrected chi connectivity index (χ3v) is 6.81. The summed E-state index contributed by atoms with van der Waals surface area (Å²) >= 11 is 0. The maximum Gasteiger partial charge on any atom is 0.227 e. The first-order chi connectivity index (χ1) is 14.9. The Hall–Kier alpha value is -2.89. The fourth-order valence-corrected chi connectivity index (χ4v) is 4.81. The molecule has 0 saturated carbocycles. The van der Waals surface area contributed by atoms with Crippen LogP contribution in [0.5, 0.6) is 0 Å². The second-order valence-electron chi connectivity index (χ2n) is 8.68. The van der Waals surface area contributed by atoms with E-state index in [4.69, 9.17) is 0 Å². The molecule has 31 heavy (non-hydrogen) atoms. The number of hydrogen-bond acceptors (Lipinski definition) is 3. The van der Waals surface area contributed by atoms with Crippen LogP contribution in [-0.2, 0) is 9.59 Å². The van der Waals surface area contributed by atoms with E-state index < -0.39 is 0 Å². The van der Waals surface area contributed by atoms with Crippen molar-refractivity contribution in [2.24, 2.45) is 5.92 Å². The molecule has 164 valence electrons. The van der Waals surface area contributed by atoms with Crippen molar-refractivity contribution in [3.05, 3.63) is 66.0 Å². The summed E-state index contributed by atoms with van der Waals surface area (Å²) in [5.74, 6) is -0.393.